The van der Waals surface area contributed by atoms with Crippen LogP contribution in [0.1, 0.15) is 46.5 Å². The maximum Gasteiger partial charge on any atom is 0.334 e. The first-order valence-corrected chi connectivity index (χ1v) is 13.7. The molecule has 0 fully saturated rings. The first kappa shape index (κ1) is 34.9. The third-order valence-electron chi connectivity index (χ3n) is 5.26. The largest absolute Gasteiger partial charge is 0.460 e. The van der Waals surface area contributed by atoms with Gasteiger partial charge in [-0.25, -0.2) is 9.59 Å². The predicted molar refractivity (Wildman–Crippen MR) is 152 cm³/mol. The van der Waals surface area contributed by atoms with Crippen molar-refractivity contribution in [2.75, 3.05) is 46.2 Å². The molecule has 9 nitrogen and oxygen atoms in total. The maximum atomic E-state index is 13.0. The highest BCUT2D eigenvalue weighted by Gasteiger charge is 2.21. The Labute approximate surface area is 238 Å². The number of hydrogen-bond acceptors (Lipinski definition) is 9. The second-order valence-corrected chi connectivity index (χ2v) is 8.66. The van der Waals surface area contributed by atoms with E-state index in [0.717, 1.165) is 18.9 Å². The Hall–Kier alpha value is -3.11. The molecule has 0 aromatic heterocycles. The van der Waals surface area contributed by atoms with E-state index in [1.54, 1.807) is 25.2 Å². The summed E-state index contributed by atoms with van der Waals surface area (Å²) in [6.45, 7) is 10.6. The van der Waals surface area contributed by atoms with Gasteiger partial charge in [0.25, 0.3) is 0 Å². The molecular formula is C31H44O9. The molecule has 0 N–H and O–H groups in total. The standard InChI is InChI=1S/C31H44O9/c1-5-8-11-16-27(22-29(32)26-14-12-9-10-13-15-26)31(34)39-24-28(23-36-17-6-2)40-25(4)37-20-18-35-19-21-38-30(33)7-3/h7-12,14-16,25,28H,3,5-6,13,17-24H2,1-2,4H3/b11-8-,27-16+. The first-order valence-electron chi connectivity index (χ1n) is 13.7. The summed E-state index contributed by atoms with van der Waals surface area (Å²) in [5.41, 5.74) is 0.819. The highest BCUT2D eigenvalue weighted by Crippen LogP contribution is 2.15. The zero-order valence-corrected chi connectivity index (χ0v) is 24.0. The Morgan fingerprint density at radius 1 is 1.00 bits per heavy atom. The van der Waals surface area contributed by atoms with Gasteiger partial charge in [-0.2, -0.15) is 0 Å². The van der Waals surface area contributed by atoms with Crippen molar-refractivity contribution in [1.82, 2.24) is 0 Å². The van der Waals surface area contributed by atoms with Gasteiger partial charge in [0.15, 0.2) is 12.1 Å². The number of hydrogen-bond donors (Lipinski definition) is 0. The molecule has 1 aliphatic rings. The van der Waals surface area contributed by atoms with E-state index in [-0.39, 0.29) is 57.4 Å². The third-order valence-corrected chi connectivity index (χ3v) is 5.26. The van der Waals surface area contributed by atoms with E-state index in [2.05, 4.69) is 6.58 Å². The summed E-state index contributed by atoms with van der Waals surface area (Å²) >= 11 is 0. The molecule has 0 amide bonds. The molecule has 0 aliphatic heterocycles. The fourth-order valence-electron chi connectivity index (χ4n) is 3.27. The van der Waals surface area contributed by atoms with Crippen molar-refractivity contribution in [3.05, 3.63) is 72.4 Å². The van der Waals surface area contributed by atoms with E-state index >= 15 is 0 Å². The minimum Gasteiger partial charge on any atom is -0.460 e. The van der Waals surface area contributed by atoms with Gasteiger partial charge >= 0.3 is 11.9 Å². The van der Waals surface area contributed by atoms with Crippen LogP contribution in [0.4, 0.5) is 0 Å². The predicted octanol–water partition coefficient (Wildman–Crippen LogP) is 4.74. The van der Waals surface area contributed by atoms with Gasteiger partial charge in [0.1, 0.15) is 19.3 Å². The molecule has 0 bridgehead atoms. The molecule has 0 spiro atoms. The van der Waals surface area contributed by atoms with Crippen LogP contribution in [0.3, 0.4) is 0 Å². The zero-order valence-electron chi connectivity index (χ0n) is 24.0. The highest BCUT2D eigenvalue weighted by molar-refractivity contribution is 6.04. The summed E-state index contributed by atoms with van der Waals surface area (Å²) in [7, 11) is 0. The molecule has 0 radical (unpaired) electrons. The summed E-state index contributed by atoms with van der Waals surface area (Å²) in [5, 5.41) is 0. The lowest BCUT2D eigenvalue weighted by atomic mass is 10.0. The molecule has 1 aliphatic carbocycles. The van der Waals surface area contributed by atoms with Crippen LogP contribution >= 0.6 is 0 Å². The Balaban J connectivity index is 2.64. The Morgan fingerprint density at radius 3 is 2.55 bits per heavy atom. The lowest BCUT2D eigenvalue weighted by molar-refractivity contribution is -0.191. The fraction of sp³-hybridized carbons (Fsp3) is 0.516. The quantitative estimate of drug-likeness (QED) is 0.0610. The van der Waals surface area contributed by atoms with Crippen LogP contribution < -0.4 is 0 Å². The van der Waals surface area contributed by atoms with Crippen LogP contribution in [0.15, 0.2) is 72.4 Å². The normalized spacial score (nSPS) is 14.9. The minimum atomic E-state index is -0.622. The van der Waals surface area contributed by atoms with Gasteiger partial charge in [-0.1, -0.05) is 69.0 Å². The smallest absolute Gasteiger partial charge is 0.334 e. The Bertz CT molecular complexity index is 927. The lowest BCUT2D eigenvalue weighted by Gasteiger charge is -2.23. The topological polar surface area (TPSA) is 107 Å². The van der Waals surface area contributed by atoms with E-state index in [1.165, 1.54) is 0 Å². The minimum absolute atomic E-state index is 0.0725. The van der Waals surface area contributed by atoms with Crippen molar-refractivity contribution in [3.8, 4) is 0 Å². The van der Waals surface area contributed by atoms with Crippen molar-refractivity contribution >= 4 is 17.7 Å². The van der Waals surface area contributed by atoms with Gasteiger partial charge in [0.05, 0.1) is 26.4 Å². The van der Waals surface area contributed by atoms with Gasteiger partial charge in [0, 0.05) is 30.2 Å². The van der Waals surface area contributed by atoms with Gasteiger partial charge in [-0.3, -0.25) is 4.79 Å². The second-order valence-electron chi connectivity index (χ2n) is 8.66. The number of ether oxygens (including phenoxy) is 6. The van der Waals surface area contributed by atoms with Crippen LogP contribution in [0, 0.1) is 0 Å². The Kier molecular flexibility index (Phi) is 19.8. The average Bonchev–Trinajstić information content (AvgIpc) is 3.24. The van der Waals surface area contributed by atoms with Crippen LogP contribution in [0.2, 0.25) is 0 Å². The monoisotopic (exact) mass is 560 g/mol. The van der Waals surface area contributed by atoms with E-state index in [0.29, 0.717) is 18.6 Å². The van der Waals surface area contributed by atoms with E-state index < -0.39 is 24.3 Å². The first-order chi connectivity index (χ1) is 19.4. The van der Waals surface area contributed by atoms with Crippen molar-refractivity contribution < 1.29 is 42.8 Å². The summed E-state index contributed by atoms with van der Waals surface area (Å²) < 4.78 is 32.9. The van der Waals surface area contributed by atoms with Crippen molar-refractivity contribution in [3.63, 3.8) is 0 Å². The van der Waals surface area contributed by atoms with E-state index in [9.17, 15) is 14.4 Å². The van der Waals surface area contributed by atoms with Crippen LogP contribution in [-0.2, 0) is 42.8 Å². The molecule has 0 aromatic rings. The Morgan fingerprint density at radius 2 is 1.80 bits per heavy atom. The molecule has 1 rings (SSSR count). The average molecular weight is 561 g/mol. The van der Waals surface area contributed by atoms with E-state index in [4.69, 9.17) is 28.4 Å². The molecule has 40 heavy (non-hydrogen) atoms. The number of carbonyl (C=O) groups excluding carboxylic acids is 3. The van der Waals surface area contributed by atoms with E-state index in [1.807, 2.05) is 44.2 Å². The fourth-order valence-corrected chi connectivity index (χ4v) is 3.27. The molecule has 2 unspecified atom stereocenters. The maximum absolute atomic E-state index is 13.0. The molecule has 0 saturated heterocycles. The molecule has 222 valence electrons. The van der Waals surface area contributed by atoms with Gasteiger partial charge in [0.2, 0.25) is 0 Å². The third kappa shape index (κ3) is 16.8. The molecule has 0 aromatic carbocycles. The van der Waals surface area contributed by atoms with Crippen molar-refractivity contribution in [1.29, 1.82) is 0 Å². The number of rotatable bonds is 22. The number of esters is 2. The summed E-state index contributed by atoms with van der Waals surface area (Å²) in [6, 6.07) is 0. The molecule has 2 atom stereocenters. The van der Waals surface area contributed by atoms with Gasteiger partial charge in [-0.15, -0.1) is 0 Å². The molecule has 0 heterocycles. The number of ketones is 1. The van der Waals surface area contributed by atoms with Crippen molar-refractivity contribution in [2.24, 2.45) is 0 Å². The van der Waals surface area contributed by atoms with Crippen LogP contribution in [0.5, 0.6) is 0 Å². The SMILES string of the molecule is C=CC(=O)OCCOCCOC(C)OC(COCCC)COC(=O)/C(=C/C=C\CC)CC(=O)C1=CCC=CC=C1. The second kappa shape index (κ2) is 22.7. The summed E-state index contributed by atoms with van der Waals surface area (Å²) in [4.78, 5) is 36.9. The number of carbonyl (C=O) groups is 3. The zero-order chi connectivity index (χ0) is 29.4. The molecule has 9 heteroatoms. The van der Waals surface area contributed by atoms with Gasteiger partial charge < -0.3 is 28.4 Å². The van der Waals surface area contributed by atoms with Crippen LogP contribution in [-0.4, -0.2) is 76.4 Å². The van der Waals surface area contributed by atoms with Crippen molar-refractivity contribution in [2.45, 2.75) is 58.8 Å². The number of allylic oxidation sites excluding steroid dienone is 9. The molecule has 0 saturated carbocycles. The lowest BCUT2D eigenvalue weighted by Crippen LogP contribution is -2.32. The molecular weight excluding hydrogens is 516 g/mol. The summed E-state index contributed by atoms with van der Waals surface area (Å²) in [6.07, 6.45) is 16.6. The van der Waals surface area contributed by atoms with Crippen LogP contribution in [0.25, 0.3) is 0 Å². The van der Waals surface area contributed by atoms with Gasteiger partial charge in [-0.05, 0) is 26.2 Å². The summed E-state index contributed by atoms with van der Waals surface area (Å²) in [5.74, 6) is -1.25. The number of Topliss-reactive ketones (excluding diaryl/α,β-unsaturated/α-hetero) is 1. The highest BCUT2D eigenvalue weighted by atomic mass is 16.7.